The molecule has 0 aliphatic carbocycles. The minimum Gasteiger partial charge on any atom is -0.497 e. The third kappa shape index (κ3) is 5.88. The number of anilines is 1. The summed E-state index contributed by atoms with van der Waals surface area (Å²) in [7, 11) is 1.61. The molecule has 26 heavy (non-hydrogen) atoms. The zero-order chi connectivity index (χ0) is 18.2. The van der Waals surface area contributed by atoms with Crippen LogP contribution in [0.3, 0.4) is 0 Å². The standard InChI is InChI=1S/C20H27N3O2.HI/c1-4-14-7-6-8-15(5-2)19(14)23-20(21)22-13-18(24)16-9-11-17(25-3)12-10-16;/h6-12,18,24H,4-5,13H2,1-3H3,(H3,21,22,23);1H. The summed E-state index contributed by atoms with van der Waals surface area (Å²) in [5.74, 6) is 1.06. The number of aliphatic imine (C=N–C) groups is 1. The maximum absolute atomic E-state index is 10.3. The summed E-state index contributed by atoms with van der Waals surface area (Å²) in [5.41, 5.74) is 10.2. The van der Waals surface area contributed by atoms with Crippen molar-refractivity contribution in [3.63, 3.8) is 0 Å². The summed E-state index contributed by atoms with van der Waals surface area (Å²) in [5, 5.41) is 13.5. The molecule has 2 rings (SSSR count). The van der Waals surface area contributed by atoms with Gasteiger partial charge in [-0.3, -0.25) is 4.99 Å². The highest BCUT2D eigenvalue weighted by atomic mass is 127. The SMILES string of the molecule is CCc1cccc(CC)c1NC(N)=NCC(O)c1ccc(OC)cc1.I. The molecule has 0 bridgehead atoms. The van der Waals surface area contributed by atoms with Crippen molar-refractivity contribution in [2.45, 2.75) is 32.8 Å². The Labute approximate surface area is 172 Å². The Bertz CT molecular complexity index is 695. The highest BCUT2D eigenvalue weighted by Gasteiger charge is 2.09. The predicted molar refractivity (Wildman–Crippen MR) is 119 cm³/mol. The van der Waals surface area contributed by atoms with E-state index in [1.54, 1.807) is 7.11 Å². The second-order valence-corrected chi connectivity index (χ2v) is 5.80. The van der Waals surface area contributed by atoms with Crippen LogP contribution in [-0.2, 0) is 12.8 Å². The fraction of sp³-hybridized carbons (Fsp3) is 0.350. The van der Waals surface area contributed by atoms with Gasteiger partial charge in [0.05, 0.1) is 19.8 Å². The Kier molecular flexibility index (Phi) is 9.43. The first-order valence-corrected chi connectivity index (χ1v) is 8.58. The Morgan fingerprint density at radius 2 is 1.69 bits per heavy atom. The number of nitrogens with two attached hydrogens (primary N) is 1. The van der Waals surface area contributed by atoms with Gasteiger partial charge < -0.3 is 20.9 Å². The molecule has 0 fully saturated rings. The van der Waals surface area contributed by atoms with Crippen molar-refractivity contribution in [1.82, 2.24) is 0 Å². The lowest BCUT2D eigenvalue weighted by molar-refractivity contribution is 0.187. The molecule has 0 radical (unpaired) electrons. The molecule has 0 aromatic heterocycles. The molecule has 0 spiro atoms. The minimum absolute atomic E-state index is 0. The first-order valence-electron chi connectivity index (χ1n) is 8.58. The number of nitrogens with zero attached hydrogens (tertiary/aromatic N) is 1. The van der Waals surface area contributed by atoms with Crippen molar-refractivity contribution in [3.05, 3.63) is 59.2 Å². The fourth-order valence-electron chi connectivity index (χ4n) is 2.69. The molecule has 2 aromatic rings. The topological polar surface area (TPSA) is 79.9 Å². The Morgan fingerprint density at radius 3 is 2.19 bits per heavy atom. The Morgan fingerprint density at radius 1 is 1.12 bits per heavy atom. The third-order valence-corrected chi connectivity index (χ3v) is 4.19. The van der Waals surface area contributed by atoms with E-state index in [2.05, 4.69) is 42.4 Å². The van der Waals surface area contributed by atoms with E-state index in [4.69, 9.17) is 10.5 Å². The number of hydrogen-bond donors (Lipinski definition) is 3. The van der Waals surface area contributed by atoms with Crippen molar-refractivity contribution in [2.75, 3.05) is 19.0 Å². The number of halogens is 1. The molecule has 6 heteroatoms. The molecule has 0 saturated carbocycles. The van der Waals surface area contributed by atoms with Crippen LogP contribution < -0.4 is 15.8 Å². The van der Waals surface area contributed by atoms with Gasteiger partial charge >= 0.3 is 0 Å². The van der Waals surface area contributed by atoms with Gasteiger partial charge in [-0.2, -0.15) is 0 Å². The molecule has 0 heterocycles. The molecule has 2 aromatic carbocycles. The van der Waals surface area contributed by atoms with Gasteiger partial charge in [-0.15, -0.1) is 24.0 Å². The maximum atomic E-state index is 10.3. The number of rotatable bonds is 7. The van der Waals surface area contributed by atoms with Crippen LogP contribution in [0.4, 0.5) is 5.69 Å². The van der Waals surface area contributed by atoms with E-state index in [1.165, 1.54) is 11.1 Å². The number of aliphatic hydroxyl groups excluding tert-OH is 1. The highest BCUT2D eigenvalue weighted by molar-refractivity contribution is 14.0. The predicted octanol–water partition coefficient (Wildman–Crippen LogP) is 3.90. The normalized spacial score (nSPS) is 12.2. The molecule has 0 amide bonds. The van der Waals surface area contributed by atoms with E-state index in [-0.39, 0.29) is 30.5 Å². The van der Waals surface area contributed by atoms with Gasteiger partial charge in [0.25, 0.3) is 0 Å². The molecular weight excluding hydrogens is 441 g/mol. The maximum Gasteiger partial charge on any atom is 0.193 e. The Hall–Kier alpha value is -1.80. The molecule has 1 unspecified atom stereocenters. The fourth-order valence-corrected chi connectivity index (χ4v) is 2.69. The quantitative estimate of drug-likeness (QED) is 0.327. The lowest BCUT2D eigenvalue weighted by Crippen LogP contribution is -2.25. The molecule has 0 aliphatic heterocycles. The summed E-state index contributed by atoms with van der Waals surface area (Å²) >= 11 is 0. The van der Waals surface area contributed by atoms with E-state index in [1.807, 2.05) is 24.3 Å². The largest absolute Gasteiger partial charge is 0.497 e. The van der Waals surface area contributed by atoms with Gasteiger partial charge in [-0.1, -0.05) is 44.2 Å². The van der Waals surface area contributed by atoms with Crippen molar-refractivity contribution in [3.8, 4) is 5.75 Å². The number of guanidine groups is 1. The summed E-state index contributed by atoms with van der Waals surface area (Å²) in [6.45, 7) is 4.42. The summed E-state index contributed by atoms with van der Waals surface area (Å²) in [6, 6.07) is 13.5. The van der Waals surface area contributed by atoms with Crippen LogP contribution in [0.25, 0.3) is 0 Å². The molecule has 5 nitrogen and oxygen atoms in total. The van der Waals surface area contributed by atoms with Crippen LogP contribution in [0, 0.1) is 0 Å². The van der Waals surface area contributed by atoms with E-state index in [9.17, 15) is 5.11 Å². The van der Waals surface area contributed by atoms with Crippen LogP contribution in [-0.4, -0.2) is 24.7 Å². The number of benzene rings is 2. The molecular formula is C20H28IN3O2. The monoisotopic (exact) mass is 469 g/mol. The average molecular weight is 469 g/mol. The summed E-state index contributed by atoms with van der Waals surface area (Å²) in [4.78, 5) is 4.29. The summed E-state index contributed by atoms with van der Waals surface area (Å²) < 4.78 is 5.12. The molecule has 1 atom stereocenters. The second kappa shape index (κ2) is 11.0. The first kappa shape index (κ1) is 22.2. The van der Waals surface area contributed by atoms with Crippen LogP contribution in [0.5, 0.6) is 5.75 Å². The number of aryl methyl sites for hydroxylation is 2. The average Bonchev–Trinajstić information content (AvgIpc) is 2.66. The molecule has 0 aliphatic rings. The van der Waals surface area contributed by atoms with Gasteiger partial charge in [0, 0.05) is 5.69 Å². The second-order valence-electron chi connectivity index (χ2n) is 5.80. The van der Waals surface area contributed by atoms with Gasteiger partial charge in [-0.25, -0.2) is 0 Å². The number of para-hydroxylation sites is 1. The Balaban J connectivity index is 0.00000338. The van der Waals surface area contributed by atoms with Crippen LogP contribution in [0.2, 0.25) is 0 Å². The smallest absolute Gasteiger partial charge is 0.193 e. The van der Waals surface area contributed by atoms with Crippen LogP contribution in [0.15, 0.2) is 47.5 Å². The van der Waals surface area contributed by atoms with Crippen molar-refractivity contribution < 1.29 is 9.84 Å². The van der Waals surface area contributed by atoms with Gasteiger partial charge in [0.1, 0.15) is 5.75 Å². The number of hydrogen-bond acceptors (Lipinski definition) is 3. The number of aliphatic hydroxyl groups is 1. The van der Waals surface area contributed by atoms with Crippen molar-refractivity contribution >= 4 is 35.6 Å². The van der Waals surface area contributed by atoms with Crippen LogP contribution in [0.1, 0.15) is 36.6 Å². The first-order chi connectivity index (χ1) is 12.1. The number of methoxy groups -OCH3 is 1. The van der Waals surface area contributed by atoms with E-state index in [0.29, 0.717) is 5.96 Å². The molecule has 0 saturated heterocycles. The van der Waals surface area contributed by atoms with Crippen molar-refractivity contribution in [2.24, 2.45) is 10.7 Å². The molecule has 4 N–H and O–H groups in total. The zero-order valence-electron chi connectivity index (χ0n) is 15.5. The lowest BCUT2D eigenvalue weighted by Gasteiger charge is -2.15. The van der Waals surface area contributed by atoms with Crippen molar-refractivity contribution in [1.29, 1.82) is 0 Å². The lowest BCUT2D eigenvalue weighted by atomic mass is 10.0. The van der Waals surface area contributed by atoms with E-state index >= 15 is 0 Å². The van der Waals surface area contributed by atoms with E-state index < -0.39 is 6.10 Å². The van der Waals surface area contributed by atoms with Gasteiger partial charge in [0.15, 0.2) is 5.96 Å². The third-order valence-electron chi connectivity index (χ3n) is 4.19. The highest BCUT2D eigenvalue weighted by Crippen LogP contribution is 2.22. The van der Waals surface area contributed by atoms with E-state index in [0.717, 1.165) is 29.8 Å². The molecule has 142 valence electrons. The minimum atomic E-state index is -0.710. The number of ether oxygens (including phenoxy) is 1. The van der Waals surface area contributed by atoms with Gasteiger partial charge in [-0.05, 0) is 41.7 Å². The number of nitrogens with one attached hydrogen (secondary N) is 1. The van der Waals surface area contributed by atoms with Crippen LogP contribution >= 0.6 is 24.0 Å². The zero-order valence-corrected chi connectivity index (χ0v) is 17.9. The van der Waals surface area contributed by atoms with Gasteiger partial charge in [0.2, 0.25) is 0 Å². The summed E-state index contributed by atoms with van der Waals surface area (Å²) in [6.07, 6.45) is 1.12.